The second-order valence-corrected chi connectivity index (χ2v) is 3.34. The van der Waals surface area contributed by atoms with Gasteiger partial charge >= 0.3 is 0 Å². The molecule has 2 nitrogen and oxygen atoms in total. The van der Waals surface area contributed by atoms with Gasteiger partial charge in [0.1, 0.15) is 0 Å². The predicted molar refractivity (Wildman–Crippen MR) is 63.3 cm³/mol. The van der Waals surface area contributed by atoms with Crippen molar-refractivity contribution < 1.29 is 4.79 Å². The molecule has 1 fully saturated rings. The standard InChI is InChI=1S/C8H15NO.2C2H6/c1-5-6(2)8(10)9(4)7(5)3;2*1-2/h5-7H,1-4H3;2*1-2H3. The summed E-state index contributed by atoms with van der Waals surface area (Å²) >= 11 is 0. The largest absolute Gasteiger partial charge is 0.343 e. The minimum absolute atomic E-state index is 0.222. The average molecular weight is 201 g/mol. The molecule has 0 aliphatic carbocycles. The first kappa shape index (κ1) is 15.9. The van der Waals surface area contributed by atoms with Crippen LogP contribution < -0.4 is 0 Å². The molecule has 1 saturated heterocycles. The second-order valence-electron chi connectivity index (χ2n) is 3.34. The number of carbonyl (C=O) groups excluding carboxylic acids is 1. The lowest BCUT2D eigenvalue weighted by Gasteiger charge is -2.16. The zero-order valence-corrected chi connectivity index (χ0v) is 11.1. The summed E-state index contributed by atoms with van der Waals surface area (Å²) in [4.78, 5) is 13.1. The highest BCUT2D eigenvalue weighted by molar-refractivity contribution is 5.81. The highest BCUT2D eigenvalue weighted by Gasteiger charge is 2.37. The van der Waals surface area contributed by atoms with Crippen LogP contribution in [0.1, 0.15) is 48.5 Å². The van der Waals surface area contributed by atoms with Gasteiger partial charge in [-0.05, 0) is 12.8 Å². The molecule has 0 spiro atoms. The number of carbonyl (C=O) groups is 1. The fraction of sp³-hybridized carbons (Fsp3) is 0.917. The zero-order chi connectivity index (χ0) is 11.9. The van der Waals surface area contributed by atoms with E-state index in [9.17, 15) is 4.79 Å². The van der Waals surface area contributed by atoms with Crippen molar-refractivity contribution in [3.05, 3.63) is 0 Å². The Balaban J connectivity index is 0. The van der Waals surface area contributed by atoms with Gasteiger partial charge in [0.15, 0.2) is 0 Å². The Morgan fingerprint density at radius 2 is 1.36 bits per heavy atom. The Labute approximate surface area is 89.7 Å². The van der Waals surface area contributed by atoms with Crippen LogP contribution in [0.3, 0.4) is 0 Å². The minimum atomic E-state index is 0.222. The maximum atomic E-state index is 11.3. The van der Waals surface area contributed by atoms with Crippen molar-refractivity contribution in [2.45, 2.75) is 54.5 Å². The van der Waals surface area contributed by atoms with Crippen molar-refractivity contribution >= 4 is 5.91 Å². The highest BCUT2D eigenvalue weighted by atomic mass is 16.2. The molecule has 1 amide bonds. The highest BCUT2D eigenvalue weighted by Crippen LogP contribution is 2.28. The summed E-state index contributed by atoms with van der Waals surface area (Å²) < 4.78 is 0. The van der Waals surface area contributed by atoms with Crippen LogP contribution in [0, 0.1) is 11.8 Å². The summed E-state index contributed by atoms with van der Waals surface area (Å²) in [6, 6.07) is 0.419. The fourth-order valence-corrected chi connectivity index (χ4v) is 1.52. The van der Waals surface area contributed by atoms with Gasteiger partial charge in [0.25, 0.3) is 0 Å². The van der Waals surface area contributed by atoms with Gasteiger partial charge < -0.3 is 4.90 Å². The van der Waals surface area contributed by atoms with Crippen molar-refractivity contribution in [1.82, 2.24) is 4.90 Å². The van der Waals surface area contributed by atoms with Crippen molar-refractivity contribution in [1.29, 1.82) is 0 Å². The molecule has 1 rings (SSSR count). The Hall–Kier alpha value is -0.530. The Morgan fingerprint density at radius 1 is 1.00 bits per heavy atom. The summed E-state index contributed by atoms with van der Waals surface area (Å²) in [6.45, 7) is 14.2. The van der Waals surface area contributed by atoms with E-state index in [1.165, 1.54) is 0 Å². The van der Waals surface area contributed by atoms with E-state index in [-0.39, 0.29) is 5.92 Å². The summed E-state index contributed by atoms with van der Waals surface area (Å²) in [6.07, 6.45) is 0. The molecule has 3 atom stereocenters. The summed E-state index contributed by atoms with van der Waals surface area (Å²) in [5, 5.41) is 0. The number of hydrogen-bond donors (Lipinski definition) is 0. The van der Waals surface area contributed by atoms with Crippen LogP contribution in [0.2, 0.25) is 0 Å². The van der Waals surface area contributed by atoms with E-state index in [1.54, 1.807) is 0 Å². The molecule has 0 bridgehead atoms. The van der Waals surface area contributed by atoms with Gasteiger partial charge in [-0.3, -0.25) is 4.79 Å². The number of likely N-dealkylation sites (tertiary alicyclic amines) is 1. The molecule has 1 heterocycles. The van der Waals surface area contributed by atoms with E-state index in [2.05, 4.69) is 13.8 Å². The Kier molecular flexibility index (Phi) is 8.91. The topological polar surface area (TPSA) is 20.3 Å². The van der Waals surface area contributed by atoms with E-state index in [1.807, 2.05) is 46.6 Å². The third kappa shape index (κ3) is 3.32. The van der Waals surface area contributed by atoms with Crippen molar-refractivity contribution in [2.75, 3.05) is 7.05 Å². The number of amides is 1. The van der Waals surface area contributed by atoms with Crippen molar-refractivity contribution in [2.24, 2.45) is 11.8 Å². The normalized spacial score (nSPS) is 30.1. The van der Waals surface area contributed by atoms with Crippen LogP contribution in [-0.2, 0) is 4.79 Å². The predicted octanol–water partition coefficient (Wildman–Crippen LogP) is 3.17. The number of rotatable bonds is 0. The van der Waals surface area contributed by atoms with Crippen LogP contribution in [0.4, 0.5) is 0 Å². The van der Waals surface area contributed by atoms with Gasteiger partial charge in [0.05, 0.1) is 0 Å². The molecule has 3 unspecified atom stereocenters. The van der Waals surface area contributed by atoms with Gasteiger partial charge in [0.2, 0.25) is 5.91 Å². The smallest absolute Gasteiger partial charge is 0.225 e. The minimum Gasteiger partial charge on any atom is -0.343 e. The van der Waals surface area contributed by atoms with Crippen LogP contribution in [0.15, 0.2) is 0 Å². The van der Waals surface area contributed by atoms with E-state index >= 15 is 0 Å². The maximum absolute atomic E-state index is 11.3. The van der Waals surface area contributed by atoms with Crippen LogP contribution in [0.25, 0.3) is 0 Å². The molecule has 0 radical (unpaired) electrons. The van der Waals surface area contributed by atoms with Crippen LogP contribution in [0.5, 0.6) is 0 Å². The zero-order valence-electron chi connectivity index (χ0n) is 11.1. The molecule has 0 aromatic rings. The molecular formula is C12H27NO. The van der Waals surface area contributed by atoms with Crippen molar-refractivity contribution in [3.8, 4) is 0 Å². The first-order chi connectivity index (χ1) is 6.55. The van der Waals surface area contributed by atoms with Crippen LogP contribution in [-0.4, -0.2) is 23.9 Å². The third-order valence-electron chi connectivity index (χ3n) is 2.90. The second kappa shape index (κ2) is 7.84. The van der Waals surface area contributed by atoms with Gasteiger partial charge in [0, 0.05) is 19.0 Å². The number of hydrogen-bond acceptors (Lipinski definition) is 1. The van der Waals surface area contributed by atoms with Crippen molar-refractivity contribution in [3.63, 3.8) is 0 Å². The van der Waals surface area contributed by atoms with E-state index in [0.29, 0.717) is 17.9 Å². The molecule has 0 saturated carbocycles. The monoisotopic (exact) mass is 201 g/mol. The lowest BCUT2D eigenvalue weighted by Crippen LogP contribution is -2.28. The Bertz CT molecular complexity index is 140. The lowest BCUT2D eigenvalue weighted by atomic mass is 9.95. The van der Waals surface area contributed by atoms with E-state index < -0.39 is 0 Å². The molecular weight excluding hydrogens is 174 g/mol. The SMILES string of the molecule is CC.CC.CC1C(=O)N(C)C(C)C1C. The molecule has 1 aliphatic heterocycles. The third-order valence-corrected chi connectivity index (χ3v) is 2.90. The molecule has 1 aliphatic rings. The first-order valence-electron chi connectivity index (χ1n) is 5.82. The van der Waals surface area contributed by atoms with Crippen LogP contribution >= 0.6 is 0 Å². The van der Waals surface area contributed by atoms with E-state index in [0.717, 1.165) is 0 Å². The summed E-state index contributed by atoms with van der Waals surface area (Å²) in [5.74, 6) is 1.03. The molecule has 0 aromatic heterocycles. The molecule has 2 heteroatoms. The molecule has 86 valence electrons. The maximum Gasteiger partial charge on any atom is 0.225 e. The van der Waals surface area contributed by atoms with Gasteiger partial charge in [-0.2, -0.15) is 0 Å². The summed E-state index contributed by atoms with van der Waals surface area (Å²) in [7, 11) is 1.88. The molecule has 14 heavy (non-hydrogen) atoms. The van der Waals surface area contributed by atoms with E-state index in [4.69, 9.17) is 0 Å². The summed E-state index contributed by atoms with van der Waals surface area (Å²) in [5.41, 5.74) is 0. The Morgan fingerprint density at radius 3 is 1.43 bits per heavy atom. The van der Waals surface area contributed by atoms with Gasteiger partial charge in [-0.1, -0.05) is 41.5 Å². The lowest BCUT2D eigenvalue weighted by molar-refractivity contribution is -0.130. The first-order valence-corrected chi connectivity index (χ1v) is 5.82. The van der Waals surface area contributed by atoms with Gasteiger partial charge in [-0.15, -0.1) is 0 Å². The molecule has 0 aromatic carbocycles. The molecule has 0 N–H and O–H groups in total. The fourth-order valence-electron chi connectivity index (χ4n) is 1.52. The van der Waals surface area contributed by atoms with Gasteiger partial charge in [-0.25, -0.2) is 0 Å². The quantitative estimate of drug-likeness (QED) is 0.589. The number of nitrogens with zero attached hydrogens (tertiary/aromatic N) is 1. The average Bonchev–Trinajstić information content (AvgIpc) is 2.42.